The van der Waals surface area contributed by atoms with Gasteiger partial charge in [0.15, 0.2) is 5.13 Å². The fourth-order valence-electron chi connectivity index (χ4n) is 3.92. The van der Waals surface area contributed by atoms with E-state index in [1.807, 2.05) is 24.3 Å². The molecule has 0 bridgehead atoms. The van der Waals surface area contributed by atoms with Crippen LogP contribution in [0.25, 0.3) is 0 Å². The molecule has 174 valence electrons. The predicted molar refractivity (Wildman–Crippen MR) is 138 cm³/mol. The van der Waals surface area contributed by atoms with Gasteiger partial charge < -0.3 is 16.0 Å². The van der Waals surface area contributed by atoms with Crippen molar-refractivity contribution in [1.82, 2.24) is 9.88 Å². The van der Waals surface area contributed by atoms with Gasteiger partial charge in [0.1, 0.15) is 10.7 Å². The number of halogens is 2. The number of likely N-dealkylation sites (tertiary alicyclic amines) is 1. The predicted octanol–water partition coefficient (Wildman–Crippen LogP) is 5.60. The minimum atomic E-state index is -1.09. The molecule has 0 amide bonds. The summed E-state index contributed by atoms with van der Waals surface area (Å²) >= 11 is 13.5. The number of nitrogens with one attached hydrogen (secondary N) is 1. The molecule has 4 rings (SSSR count). The molecule has 1 fully saturated rings. The summed E-state index contributed by atoms with van der Waals surface area (Å²) in [5.74, 6) is 0.351. The van der Waals surface area contributed by atoms with Crippen molar-refractivity contribution < 1.29 is 9.00 Å². The monoisotopic (exact) mass is 522 g/mol. The van der Waals surface area contributed by atoms with Crippen LogP contribution in [0.3, 0.4) is 0 Å². The van der Waals surface area contributed by atoms with E-state index in [2.05, 4.69) is 22.2 Å². The standard InChI is InChI=1S/C23H24Cl2N4O2S2/c1-29-11-4-6-15(29)10-12-33(31)16-7-2-5-14(13-16)27-23-28-22(26)21(32-23)20(30)19-17(24)8-3-9-18(19)25/h2-3,5,7-9,13,15H,4,6,10-12,26H2,1H3,(H,27,28). The van der Waals surface area contributed by atoms with Crippen molar-refractivity contribution in [3.05, 3.63) is 63.0 Å². The topological polar surface area (TPSA) is 88.3 Å². The second kappa shape index (κ2) is 10.5. The van der Waals surface area contributed by atoms with Crippen LogP contribution in [0, 0.1) is 0 Å². The Labute approximate surface area is 209 Å². The summed E-state index contributed by atoms with van der Waals surface area (Å²) < 4.78 is 12.8. The summed E-state index contributed by atoms with van der Waals surface area (Å²) in [5.41, 5.74) is 6.95. The molecule has 1 aromatic heterocycles. The number of nitrogen functional groups attached to an aromatic ring is 1. The summed E-state index contributed by atoms with van der Waals surface area (Å²) in [4.78, 5) is 20.6. The molecule has 2 heterocycles. The fraction of sp³-hybridized carbons (Fsp3) is 0.304. The average Bonchev–Trinajstić information content (AvgIpc) is 3.36. The lowest BCUT2D eigenvalue weighted by molar-refractivity contribution is 0.104. The van der Waals surface area contributed by atoms with E-state index >= 15 is 0 Å². The molecule has 0 aliphatic carbocycles. The number of nitrogens with two attached hydrogens (primary N) is 1. The zero-order chi connectivity index (χ0) is 23.5. The van der Waals surface area contributed by atoms with Crippen molar-refractivity contribution in [3.63, 3.8) is 0 Å². The van der Waals surface area contributed by atoms with Crippen molar-refractivity contribution in [1.29, 1.82) is 0 Å². The van der Waals surface area contributed by atoms with Crippen LogP contribution in [-0.2, 0) is 10.8 Å². The molecule has 10 heteroatoms. The third-order valence-corrected chi connectivity index (χ3v) is 8.71. The first-order valence-electron chi connectivity index (χ1n) is 10.5. The molecule has 0 spiro atoms. The highest BCUT2D eigenvalue weighted by Gasteiger charge is 2.23. The third-order valence-electron chi connectivity index (χ3n) is 5.71. The first-order chi connectivity index (χ1) is 15.8. The first-order valence-corrected chi connectivity index (χ1v) is 13.4. The van der Waals surface area contributed by atoms with Crippen molar-refractivity contribution >= 4 is 67.8 Å². The number of aromatic nitrogens is 1. The number of carbonyl (C=O) groups excluding carboxylic acids is 1. The highest BCUT2D eigenvalue weighted by molar-refractivity contribution is 7.85. The van der Waals surface area contributed by atoms with Crippen molar-refractivity contribution in [3.8, 4) is 0 Å². The Bertz CT molecular complexity index is 1180. The SMILES string of the molecule is CN1CCCC1CCS(=O)c1cccc(Nc2nc(N)c(C(=O)c3c(Cl)cccc3Cl)s2)c1. The molecule has 2 aromatic carbocycles. The average molecular weight is 524 g/mol. The van der Waals surface area contributed by atoms with Crippen LogP contribution in [0.4, 0.5) is 16.6 Å². The molecule has 2 unspecified atom stereocenters. The molecule has 0 radical (unpaired) electrons. The van der Waals surface area contributed by atoms with E-state index in [-0.39, 0.29) is 32.1 Å². The smallest absolute Gasteiger partial charge is 0.209 e. The zero-order valence-electron chi connectivity index (χ0n) is 18.0. The number of nitrogens with zero attached hydrogens (tertiary/aromatic N) is 2. The molecule has 6 nitrogen and oxygen atoms in total. The Kier molecular flexibility index (Phi) is 7.71. The maximum absolute atomic E-state index is 13.0. The summed E-state index contributed by atoms with van der Waals surface area (Å²) in [6.45, 7) is 1.11. The van der Waals surface area contributed by atoms with Gasteiger partial charge in [0, 0.05) is 22.4 Å². The minimum absolute atomic E-state index is 0.101. The second-order valence-electron chi connectivity index (χ2n) is 7.93. The normalized spacial score (nSPS) is 17.2. The van der Waals surface area contributed by atoms with Gasteiger partial charge in [-0.25, -0.2) is 4.98 Å². The van der Waals surface area contributed by atoms with Crippen LogP contribution in [0.15, 0.2) is 47.4 Å². The third kappa shape index (κ3) is 5.58. The first kappa shape index (κ1) is 24.2. The van der Waals surface area contributed by atoms with Gasteiger partial charge in [-0.2, -0.15) is 0 Å². The molecule has 0 saturated carbocycles. The number of ketones is 1. The van der Waals surface area contributed by atoms with E-state index in [0.29, 0.717) is 16.9 Å². The summed E-state index contributed by atoms with van der Waals surface area (Å²) in [6, 6.07) is 12.8. The lowest BCUT2D eigenvalue weighted by Crippen LogP contribution is -2.26. The lowest BCUT2D eigenvalue weighted by atomic mass is 10.1. The second-order valence-corrected chi connectivity index (χ2v) is 11.3. The van der Waals surface area contributed by atoms with E-state index in [0.717, 1.165) is 34.9 Å². The maximum atomic E-state index is 13.0. The van der Waals surface area contributed by atoms with E-state index in [1.165, 1.54) is 12.8 Å². The van der Waals surface area contributed by atoms with Gasteiger partial charge in [-0.1, -0.05) is 46.7 Å². The zero-order valence-corrected chi connectivity index (χ0v) is 21.2. The molecule has 3 N–H and O–H groups in total. The molecule has 2 atom stereocenters. The Morgan fingerprint density at radius 3 is 2.70 bits per heavy atom. The summed E-state index contributed by atoms with van der Waals surface area (Å²) in [6.07, 6.45) is 3.29. The molecular weight excluding hydrogens is 499 g/mol. The van der Waals surface area contributed by atoms with Crippen LogP contribution >= 0.6 is 34.5 Å². The highest BCUT2D eigenvalue weighted by Crippen LogP contribution is 2.34. The van der Waals surface area contributed by atoms with E-state index in [4.69, 9.17) is 28.9 Å². The molecule has 1 aliphatic heterocycles. The number of hydrogen-bond donors (Lipinski definition) is 2. The number of carbonyl (C=O) groups is 1. The summed E-state index contributed by atoms with van der Waals surface area (Å²) in [5, 5.41) is 4.14. The van der Waals surface area contributed by atoms with E-state index in [9.17, 15) is 9.00 Å². The largest absolute Gasteiger partial charge is 0.382 e. The van der Waals surface area contributed by atoms with Gasteiger partial charge in [0.05, 0.1) is 26.4 Å². The van der Waals surface area contributed by atoms with E-state index < -0.39 is 10.8 Å². The number of hydrogen-bond acceptors (Lipinski definition) is 7. The Balaban J connectivity index is 1.46. The molecule has 1 saturated heterocycles. The van der Waals surface area contributed by atoms with Gasteiger partial charge in [0.25, 0.3) is 0 Å². The van der Waals surface area contributed by atoms with Crippen molar-refractivity contribution in [2.75, 3.05) is 30.4 Å². The van der Waals surface area contributed by atoms with Gasteiger partial charge in [-0.15, -0.1) is 0 Å². The van der Waals surface area contributed by atoms with Gasteiger partial charge >= 0.3 is 0 Å². The number of anilines is 3. The number of benzene rings is 2. The highest BCUT2D eigenvalue weighted by atomic mass is 35.5. The Hall–Kier alpha value is -1.97. The summed E-state index contributed by atoms with van der Waals surface area (Å²) in [7, 11) is 1.04. The van der Waals surface area contributed by atoms with Crippen molar-refractivity contribution in [2.24, 2.45) is 0 Å². The van der Waals surface area contributed by atoms with Gasteiger partial charge in [-0.05, 0) is 63.2 Å². The number of thiazole rings is 1. The van der Waals surface area contributed by atoms with Crippen LogP contribution in [-0.4, -0.2) is 45.3 Å². The molecule has 3 aromatic rings. The maximum Gasteiger partial charge on any atom is 0.209 e. The van der Waals surface area contributed by atoms with Crippen LogP contribution in [0.5, 0.6) is 0 Å². The van der Waals surface area contributed by atoms with Crippen LogP contribution in [0.2, 0.25) is 10.0 Å². The fourth-order valence-corrected chi connectivity index (χ4v) is 6.55. The number of rotatable bonds is 8. The molecule has 1 aliphatic rings. The van der Waals surface area contributed by atoms with Crippen LogP contribution < -0.4 is 11.1 Å². The molecule has 33 heavy (non-hydrogen) atoms. The quantitative estimate of drug-likeness (QED) is 0.374. The van der Waals surface area contributed by atoms with Crippen LogP contribution in [0.1, 0.15) is 34.5 Å². The van der Waals surface area contributed by atoms with Gasteiger partial charge in [-0.3, -0.25) is 9.00 Å². The Morgan fingerprint density at radius 2 is 2.00 bits per heavy atom. The molecular formula is C23H24Cl2N4O2S2. The van der Waals surface area contributed by atoms with Gasteiger partial charge in [0.2, 0.25) is 5.78 Å². The van der Waals surface area contributed by atoms with Crippen molar-refractivity contribution in [2.45, 2.75) is 30.2 Å². The lowest BCUT2D eigenvalue weighted by Gasteiger charge is -2.18. The minimum Gasteiger partial charge on any atom is -0.382 e. The Morgan fingerprint density at radius 1 is 1.27 bits per heavy atom. The van der Waals surface area contributed by atoms with E-state index in [1.54, 1.807) is 18.2 Å².